The summed E-state index contributed by atoms with van der Waals surface area (Å²) < 4.78 is 35.9. The van der Waals surface area contributed by atoms with Crippen LogP contribution in [0.3, 0.4) is 0 Å². The fourth-order valence-electron chi connectivity index (χ4n) is 3.39. The van der Waals surface area contributed by atoms with Crippen molar-refractivity contribution in [3.05, 3.63) is 97.9 Å². The third-order valence-corrected chi connectivity index (χ3v) is 7.80. The third kappa shape index (κ3) is 6.15. The second-order valence-electron chi connectivity index (χ2n) is 7.92. The number of imide groups is 1. The lowest BCUT2D eigenvalue weighted by Gasteiger charge is -2.13. The van der Waals surface area contributed by atoms with Crippen molar-refractivity contribution in [2.24, 2.45) is 0 Å². The number of ether oxygens (including phenoxy) is 1. The summed E-state index contributed by atoms with van der Waals surface area (Å²) in [5.74, 6) is -0.0663. The lowest BCUT2D eigenvalue weighted by Crippen LogP contribution is -2.32. The number of benzene rings is 3. The van der Waals surface area contributed by atoms with Crippen molar-refractivity contribution < 1.29 is 31.9 Å². The van der Waals surface area contributed by atoms with Gasteiger partial charge in [-0.25, -0.2) is 0 Å². The van der Waals surface area contributed by atoms with Gasteiger partial charge in [0.25, 0.3) is 16.8 Å². The van der Waals surface area contributed by atoms with Crippen molar-refractivity contribution in [3.63, 3.8) is 0 Å². The molecular formula is C25H19ClN2O8S2. The van der Waals surface area contributed by atoms with Crippen LogP contribution in [-0.4, -0.2) is 42.5 Å². The molecule has 0 radical (unpaired) electrons. The highest BCUT2D eigenvalue weighted by atomic mass is 35.5. The van der Waals surface area contributed by atoms with Crippen LogP contribution in [0.15, 0.2) is 76.5 Å². The number of halogens is 1. The molecule has 0 N–H and O–H groups in total. The van der Waals surface area contributed by atoms with E-state index < -0.39 is 26.2 Å². The molecule has 4 rings (SSSR count). The average Bonchev–Trinajstić information content (AvgIpc) is 3.13. The molecule has 1 heterocycles. The molecule has 3 aromatic carbocycles. The van der Waals surface area contributed by atoms with Crippen LogP contribution in [-0.2, 0) is 14.9 Å². The number of thioether (sulfide) groups is 1. The van der Waals surface area contributed by atoms with Crippen LogP contribution in [0.5, 0.6) is 11.5 Å². The Bertz CT molecular complexity index is 1560. The summed E-state index contributed by atoms with van der Waals surface area (Å²) in [6.07, 6.45) is 1.50. The Hall–Kier alpha value is -3.87. The predicted octanol–water partition coefficient (Wildman–Crippen LogP) is 5.44. The monoisotopic (exact) mass is 574 g/mol. The highest BCUT2D eigenvalue weighted by Gasteiger charge is 2.34. The van der Waals surface area contributed by atoms with Gasteiger partial charge in [0, 0.05) is 11.6 Å². The maximum Gasteiger partial charge on any atom is 0.339 e. The fraction of sp³-hybridized carbons (Fsp3) is 0.120. The SMILES string of the molecule is Cc1ccc(S(=O)(=O)Oc2ccc(/C=C3\SC(=O)N(CCOc4ccccc4Cl)C3=O)cc2)cc1[N+](=O)[O-]. The van der Waals surface area contributed by atoms with E-state index in [1.54, 1.807) is 24.3 Å². The molecule has 1 fully saturated rings. The number of hydrogen-bond donors (Lipinski definition) is 0. The Balaban J connectivity index is 1.41. The number of aryl methyl sites for hydroxylation is 1. The zero-order chi connectivity index (χ0) is 27.4. The average molecular weight is 575 g/mol. The molecule has 2 amide bonds. The van der Waals surface area contributed by atoms with E-state index in [1.165, 1.54) is 49.4 Å². The summed E-state index contributed by atoms with van der Waals surface area (Å²) in [6.45, 7) is 1.60. The predicted molar refractivity (Wildman–Crippen MR) is 142 cm³/mol. The van der Waals surface area contributed by atoms with Gasteiger partial charge in [-0.15, -0.1) is 0 Å². The van der Waals surface area contributed by atoms with E-state index in [0.717, 1.165) is 22.7 Å². The fourth-order valence-corrected chi connectivity index (χ4v) is 5.40. The molecule has 0 aromatic heterocycles. The van der Waals surface area contributed by atoms with Crippen LogP contribution < -0.4 is 8.92 Å². The van der Waals surface area contributed by atoms with Crippen molar-refractivity contribution >= 4 is 56.4 Å². The molecule has 1 aliphatic rings. The van der Waals surface area contributed by atoms with Gasteiger partial charge in [-0.1, -0.05) is 41.9 Å². The minimum atomic E-state index is -4.33. The molecule has 10 nitrogen and oxygen atoms in total. The minimum Gasteiger partial charge on any atom is -0.490 e. The number of para-hydroxylation sites is 1. The highest BCUT2D eigenvalue weighted by Crippen LogP contribution is 2.33. The number of amides is 2. The van der Waals surface area contributed by atoms with Crippen molar-refractivity contribution in [2.45, 2.75) is 11.8 Å². The molecule has 0 atom stereocenters. The molecule has 1 aliphatic heterocycles. The zero-order valence-electron chi connectivity index (χ0n) is 19.7. The first kappa shape index (κ1) is 27.2. The molecular weight excluding hydrogens is 556 g/mol. The second kappa shape index (κ2) is 11.3. The quantitative estimate of drug-likeness (QED) is 0.142. The van der Waals surface area contributed by atoms with E-state index in [0.29, 0.717) is 21.9 Å². The highest BCUT2D eigenvalue weighted by molar-refractivity contribution is 8.18. The van der Waals surface area contributed by atoms with Crippen molar-refractivity contribution in [1.29, 1.82) is 0 Å². The molecule has 38 heavy (non-hydrogen) atoms. The normalized spacial score (nSPS) is 14.7. The third-order valence-electron chi connectivity index (χ3n) is 5.33. The van der Waals surface area contributed by atoms with Gasteiger partial charge in [0.15, 0.2) is 0 Å². The number of rotatable bonds is 9. The number of hydrogen-bond acceptors (Lipinski definition) is 9. The van der Waals surface area contributed by atoms with Crippen LogP contribution in [0, 0.1) is 17.0 Å². The van der Waals surface area contributed by atoms with Gasteiger partial charge in [-0.3, -0.25) is 24.6 Å². The van der Waals surface area contributed by atoms with Crippen molar-refractivity contribution in [3.8, 4) is 11.5 Å². The molecule has 13 heteroatoms. The maximum absolute atomic E-state index is 12.7. The van der Waals surface area contributed by atoms with Crippen LogP contribution in [0.1, 0.15) is 11.1 Å². The largest absolute Gasteiger partial charge is 0.490 e. The standard InChI is InChI=1S/C25H19ClN2O8S2/c1-16-6-11-19(15-21(16)28(31)32)38(33,34)36-18-9-7-17(8-10-18)14-23-24(29)27(25(30)37-23)12-13-35-22-5-3-2-4-20(22)26/h2-11,14-15H,12-13H2,1H3/b23-14-. The van der Waals surface area contributed by atoms with Gasteiger partial charge in [0.2, 0.25) is 0 Å². The molecule has 0 aliphatic carbocycles. The molecule has 0 unspecified atom stereocenters. The molecule has 0 spiro atoms. The second-order valence-corrected chi connectivity index (χ2v) is 10.9. The maximum atomic E-state index is 12.7. The Kier molecular flexibility index (Phi) is 8.05. The van der Waals surface area contributed by atoms with Crippen LogP contribution in [0.25, 0.3) is 6.08 Å². The Labute approximate surface area is 227 Å². The summed E-state index contributed by atoms with van der Waals surface area (Å²) in [7, 11) is -4.33. The van der Waals surface area contributed by atoms with Gasteiger partial charge in [-0.05, 0) is 60.7 Å². The Morgan fingerprint density at radius 2 is 1.79 bits per heavy atom. The number of carbonyl (C=O) groups is 2. The lowest BCUT2D eigenvalue weighted by atomic mass is 10.2. The van der Waals surface area contributed by atoms with Crippen molar-refractivity contribution in [2.75, 3.05) is 13.2 Å². The van der Waals surface area contributed by atoms with Gasteiger partial charge >= 0.3 is 10.1 Å². The van der Waals surface area contributed by atoms with E-state index >= 15 is 0 Å². The first-order valence-corrected chi connectivity index (χ1v) is 13.6. The molecule has 0 saturated carbocycles. The van der Waals surface area contributed by atoms with Gasteiger partial charge in [0.1, 0.15) is 23.0 Å². The van der Waals surface area contributed by atoms with E-state index in [4.69, 9.17) is 20.5 Å². The summed E-state index contributed by atoms with van der Waals surface area (Å²) in [4.78, 5) is 36.4. The number of nitro groups is 1. The number of nitro benzene ring substituents is 1. The molecule has 3 aromatic rings. The molecule has 1 saturated heterocycles. The smallest absolute Gasteiger partial charge is 0.339 e. The van der Waals surface area contributed by atoms with E-state index in [9.17, 15) is 28.1 Å². The first-order valence-electron chi connectivity index (χ1n) is 11.0. The van der Waals surface area contributed by atoms with E-state index in [-0.39, 0.29) is 34.4 Å². The van der Waals surface area contributed by atoms with E-state index in [2.05, 4.69) is 0 Å². The van der Waals surface area contributed by atoms with Crippen LogP contribution in [0.2, 0.25) is 5.02 Å². The minimum absolute atomic E-state index is 0.0322. The summed E-state index contributed by atoms with van der Waals surface area (Å²) in [5, 5.41) is 11.1. The topological polar surface area (TPSA) is 133 Å². The molecule has 196 valence electrons. The van der Waals surface area contributed by atoms with E-state index in [1.807, 2.05) is 0 Å². The Morgan fingerprint density at radius 3 is 2.47 bits per heavy atom. The van der Waals surface area contributed by atoms with Gasteiger partial charge < -0.3 is 8.92 Å². The van der Waals surface area contributed by atoms with Crippen molar-refractivity contribution in [1.82, 2.24) is 4.90 Å². The summed E-state index contributed by atoms with van der Waals surface area (Å²) in [5.41, 5.74) is 0.503. The summed E-state index contributed by atoms with van der Waals surface area (Å²) >= 11 is 6.82. The number of carbonyl (C=O) groups excluding carboxylic acids is 2. The van der Waals surface area contributed by atoms with Gasteiger partial charge in [-0.2, -0.15) is 8.42 Å². The Morgan fingerprint density at radius 1 is 1.08 bits per heavy atom. The zero-order valence-corrected chi connectivity index (χ0v) is 22.1. The van der Waals surface area contributed by atoms with Crippen LogP contribution in [0.4, 0.5) is 10.5 Å². The first-order chi connectivity index (χ1) is 18.0. The van der Waals surface area contributed by atoms with Gasteiger partial charge in [0.05, 0.1) is 21.4 Å². The van der Waals surface area contributed by atoms with Crippen LogP contribution >= 0.6 is 23.4 Å². The number of nitrogens with zero attached hydrogens (tertiary/aromatic N) is 2. The summed E-state index contributed by atoms with van der Waals surface area (Å²) in [6, 6.07) is 16.1. The molecule has 0 bridgehead atoms. The lowest BCUT2D eigenvalue weighted by molar-refractivity contribution is -0.385.